The molecule has 15 heavy (non-hydrogen) atoms. The molecule has 0 atom stereocenters. The van der Waals surface area contributed by atoms with E-state index in [2.05, 4.69) is 6.07 Å². The summed E-state index contributed by atoms with van der Waals surface area (Å²) >= 11 is 1.68. The van der Waals surface area contributed by atoms with Gasteiger partial charge in [0.1, 0.15) is 0 Å². The molecule has 0 saturated heterocycles. The highest BCUT2D eigenvalue weighted by Crippen LogP contribution is 2.17. The van der Waals surface area contributed by atoms with Gasteiger partial charge in [0, 0.05) is 11.4 Å². The van der Waals surface area contributed by atoms with Gasteiger partial charge in [-0.15, -0.1) is 24.2 Å². The molecule has 0 heterocycles. The normalized spacial score (nSPS) is 11.0. The number of hydrogen-bond acceptors (Lipinski definition) is 2. The summed E-state index contributed by atoms with van der Waals surface area (Å²) in [6.45, 7) is 0.278. The highest BCUT2D eigenvalue weighted by Gasteiger charge is 1.99. The van der Waals surface area contributed by atoms with Crippen molar-refractivity contribution in [1.82, 2.24) is 0 Å². The summed E-state index contributed by atoms with van der Waals surface area (Å²) in [6.07, 6.45) is 3.22. The Kier molecular flexibility index (Phi) is 7.48. The SMILES string of the molecule is CSc1cccc(C/C(=C/F)CN)c1.Cl. The second-order valence-corrected chi connectivity index (χ2v) is 3.88. The first-order valence-electron chi connectivity index (χ1n) is 4.41. The Morgan fingerprint density at radius 3 is 2.80 bits per heavy atom. The van der Waals surface area contributed by atoms with Crippen molar-refractivity contribution < 1.29 is 4.39 Å². The largest absolute Gasteiger partial charge is 0.327 e. The maximum Gasteiger partial charge on any atom is 0.0875 e. The molecule has 0 bridgehead atoms. The van der Waals surface area contributed by atoms with Gasteiger partial charge in [-0.1, -0.05) is 12.1 Å². The summed E-state index contributed by atoms with van der Waals surface area (Å²) in [5.74, 6) is 0. The average Bonchev–Trinajstić information content (AvgIpc) is 2.26. The van der Waals surface area contributed by atoms with Crippen LogP contribution in [0, 0.1) is 0 Å². The zero-order chi connectivity index (χ0) is 10.4. The molecule has 0 aliphatic heterocycles. The number of halogens is 2. The van der Waals surface area contributed by atoms with Crippen LogP contribution in [0.3, 0.4) is 0 Å². The summed E-state index contributed by atoms with van der Waals surface area (Å²) in [5, 5.41) is 0. The second-order valence-electron chi connectivity index (χ2n) is 3.00. The van der Waals surface area contributed by atoms with E-state index in [4.69, 9.17) is 5.73 Å². The van der Waals surface area contributed by atoms with E-state index in [0.717, 1.165) is 5.56 Å². The molecule has 0 aliphatic carbocycles. The lowest BCUT2D eigenvalue weighted by atomic mass is 10.1. The quantitative estimate of drug-likeness (QED) is 0.827. The molecular formula is C11H15ClFNS. The van der Waals surface area contributed by atoms with E-state index in [1.165, 1.54) is 4.90 Å². The Hall–Kier alpha value is -0.510. The van der Waals surface area contributed by atoms with Crippen LogP contribution in [-0.2, 0) is 6.42 Å². The van der Waals surface area contributed by atoms with Gasteiger partial charge in [-0.05, 0) is 35.9 Å². The third-order valence-electron chi connectivity index (χ3n) is 1.98. The molecule has 0 spiro atoms. The van der Waals surface area contributed by atoms with Crippen molar-refractivity contribution in [3.63, 3.8) is 0 Å². The molecule has 1 aromatic carbocycles. The molecule has 0 fully saturated rings. The summed E-state index contributed by atoms with van der Waals surface area (Å²) in [4.78, 5) is 1.19. The smallest absolute Gasteiger partial charge is 0.0875 e. The van der Waals surface area contributed by atoms with Crippen molar-refractivity contribution in [2.24, 2.45) is 5.73 Å². The Morgan fingerprint density at radius 2 is 2.27 bits per heavy atom. The van der Waals surface area contributed by atoms with Gasteiger partial charge in [0.05, 0.1) is 6.33 Å². The molecular weight excluding hydrogens is 233 g/mol. The van der Waals surface area contributed by atoms with Crippen LogP contribution < -0.4 is 5.73 Å². The minimum Gasteiger partial charge on any atom is -0.327 e. The minimum atomic E-state index is 0. The van der Waals surface area contributed by atoms with Crippen molar-refractivity contribution in [3.05, 3.63) is 41.7 Å². The summed E-state index contributed by atoms with van der Waals surface area (Å²) in [5.41, 5.74) is 7.12. The number of nitrogens with two attached hydrogens (primary N) is 1. The average molecular weight is 248 g/mol. The van der Waals surface area contributed by atoms with Gasteiger partial charge in [-0.25, -0.2) is 4.39 Å². The highest BCUT2D eigenvalue weighted by molar-refractivity contribution is 7.98. The van der Waals surface area contributed by atoms with Gasteiger partial charge in [-0.3, -0.25) is 0 Å². The van der Waals surface area contributed by atoms with Crippen LogP contribution in [0.15, 0.2) is 41.1 Å². The van der Waals surface area contributed by atoms with E-state index >= 15 is 0 Å². The first-order chi connectivity index (χ1) is 6.80. The van der Waals surface area contributed by atoms with Crippen LogP contribution >= 0.6 is 24.2 Å². The van der Waals surface area contributed by atoms with E-state index in [1.54, 1.807) is 11.8 Å². The van der Waals surface area contributed by atoms with Crippen molar-refractivity contribution in [2.75, 3.05) is 12.8 Å². The molecule has 1 nitrogen and oxygen atoms in total. The molecule has 1 rings (SSSR count). The van der Waals surface area contributed by atoms with Crippen molar-refractivity contribution >= 4 is 24.2 Å². The van der Waals surface area contributed by atoms with E-state index < -0.39 is 0 Å². The molecule has 4 heteroatoms. The Labute approximate surface area is 100 Å². The summed E-state index contributed by atoms with van der Waals surface area (Å²) in [7, 11) is 0. The molecule has 2 N–H and O–H groups in total. The zero-order valence-electron chi connectivity index (χ0n) is 8.57. The highest BCUT2D eigenvalue weighted by atomic mass is 35.5. The lowest BCUT2D eigenvalue weighted by Gasteiger charge is -2.04. The van der Waals surface area contributed by atoms with E-state index in [9.17, 15) is 4.39 Å². The van der Waals surface area contributed by atoms with E-state index in [-0.39, 0.29) is 19.0 Å². The molecule has 1 aromatic rings. The monoisotopic (exact) mass is 247 g/mol. The predicted octanol–water partition coefficient (Wildman–Crippen LogP) is 3.18. The van der Waals surface area contributed by atoms with Crippen LogP contribution in [0.5, 0.6) is 0 Å². The summed E-state index contributed by atoms with van der Waals surface area (Å²) in [6, 6.07) is 8.06. The standard InChI is InChI=1S/C11H14FNS.ClH/c1-14-11-4-2-3-9(6-11)5-10(7-12)8-13;/h2-4,6-7H,5,8,13H2,1H3;1H/b10-7-;. The Bertz CT molecular complexity index is 328. The Balaban J connectivity index is 0.00000196. The zero-order valence-corrected chi connectivity index (χ0v) is 10.2. The van der Waals surface area contributed by atoms with Crippen LogP contribution in [-0.4, -0.2) is 12.8 Å². The van der Waals surface area contributed by atoms with Gasteiger partial charge in [0.2, 0.25) is 0 Å². The van der Waals surface area contributed by atoms with Crippen LogP contribution in [0.25, 0.3) is 0 Å². The molecule has 84 valence electrons. The maximum absolute atomic E-state index is 12.3. The number of benzene rings is 1. The Morgan fingerprint density at radius 1 is 1.53 bits per heavy atom. The summed E-state index contributed by atoms with van der Waals surface area (Å²) < 4.78 is 12.3. The van der Waals surface area contributed by atoms with Crippen LogP contribution in [0.4, 0.5) is 4.39 Å². The number of hydrogen-bond donors (Lipinski definition) is 1. The van der Waals surface area contributed by atoms with Gasteiger partial charge in [0.25, 0.3) is 0 Å². The first kappa shape index (κ1) is 14.5. The fourth-order valence-electron chi connectivity index (χ4n) is 1.20. The van der Waals surface area contributed by atoms with Gasteiger partial charge in [-0.2, -0.15) is 0 Å². The molecule has 0 radical (unpaired) electrons. The maximum atomic E-state index is 12.3. The van der Waals surface area contributed by atoms with Crippen LogP contribution in [0.1, 0.15) is 5.56 Å². The lowest BCUT2D eigenvalue weighted by Crippen LogP contribution is -2.05. The fourth-order valence-corrected chi connectivity index (χ4v) is 1.68. The topological polar surface area (TPSA) is 26.0 Å². The van der Waals surface area contributed by atoms with Crippen molar-refractivity contribution in [2.45, 2.75) is 11.3 Å². The van der Waals surface area contributed by atoms with Crippen molar-refractivity contribution in [3.8, 4) is 0 Å². The molecule has 0 aromatic heterocycles. The number of thioether (sulfide) groups is 1. The number of rotatable bonds is 4. The molecule has 0 unspecified atom stereocenters. The van der Waals surface area contributed by atoms with Gasteiger partial charge >= 0.3 is 0 Å². The van der Waals surface area contributed by atoms with Gasteiger partial charge < -0.3 is 5.73 Å². The molecule has 0 saturated carbocycles. The second kappa shape index (κ2) is 7.74. The van der Waals surface area contributed by atoms with Crippen molar-refractivity contribution in [1.29, 1.82) is 0 Å². The minimum absolute atomic E-state index is 0. The first-order valence-corrected chi connectivity index (χ1v) is 5.63. The molecule has 0 aliphatic rings. The van der Waals surface area contributed by atoms with E-state index in [0.29, 0.717) is 18.3 Å². The third kappa shape index (κ3) is 4.69. The predicted molar refractivity (Wildman–Crippen MR) is 67.4 cm³/mol. The van der Waals surface area contributed by atoms with E-state index in [1.807, 2.05) is 24.5 Å². The van der Waals surface area contributed by atoms with Gasteiger partial charge in [0.15, 0.2) is 0 Å². The molecule has 0 amide bonds. The van der Waals surface area contributed by atoms with Crippen LogP contribution in [0.2, 0.25) is 0 Å². The third-order valence-corrected chi connectivity index (χ3v) is 2.71. The fraction of sp³-hybridized carbons (Fsp3) is 0.273. The lowest BCUT2D eigenvalue weighted by molar-refractivity contribution is 0.699.